The number of carbonyl (C=O) groups is 2. The maximum absolute atomic E-state index is 15.3. The number of pyridine rings is 1. The van der Waals surface area contributed by atoms with Crippen LogP contribution in [0, 0.1) is 11.7 Å². The summed E-state index contributed by atoms with van der Waals surface area (Å²) in [5.74, 6) is -1.72. The first-order valence-electron chi connectivity index (χ1n) is 17.2. The van der Waals surface area contributed by atoms with E-state index in [1.165, 1.54) is 77.2 Å². The number of hydrogen-bond donors (Lipinski definition) is 3. The zero-order valence-corrected chi connectivity index (χ0v) is 27.1. The SMILES string of the molecule is CCCCCCCCCCCCCC(=O)O.COc1c(N2C[C@@H]3CCCN[C@@H]3C2)c(F)cc2c(=O)c(C(=O)O)cn(C3CC3)c12. The number of hydrogen-bond acceptors (Lipinski definition) is 6. The number of nitrogens with zero attached hydrogens (tertiary/aromatic N) is 2. The fourth-order valence-electron chi connectivity index (χ4n) is 6.89. The molecule has 2 atom stereocenters. The maximum Gasteiger partial charge on any atom is 0.341 e. The molecule has 2 aromatic rings. The average molecular weight is 630 g/mol. The summed E-state index contributed by atoms with van der Waals surface area (Å²) in [6, 6.07) is 1.62. The lowest BCUT2D eigenvalue weighted by Gasteiger charge is -2.25. The highest BCUT2D eigenvalue weighted by Crippen LogP contribution is 2.45. The standard InChI is InChI=1S/C21H24FN3O4.C14H28O2/c1-29-20-17-13(19(26)14(21(27)28)9-25(17)12-4-5-12)7-15(22)18(20)24-8-11-3-2-6-23-16(11)10-24;1-2-3-4-5-6-7-8-9-10-11-12-13-14(15)16/h7,9,11-12,16,23H,2-6,8,10H2,1H3,(H,27,28);2-13H2,1H3,(H,15,16)/t11-,16+;/m0./s1. The van der Waals surface area contributed by atoms with Gasteiger partial charge in [-0.2, -0.15) is 0 Å². The monoisotopic (exact) mass is 629 g/mol. The first-order chi connectivity index (χ1) is 21.8. The molecular weight excluding hydrogens is 577 g/mol. The Hall–Kier alpha value is -3.14. The molecule has 1 aliphatic carbocycles. The summed E-state index contributed by atoms with van der Waals surface area (Å²) in [5, 5.41) is 21.5. The second-order valence-corrected chi connectivity index (χ2v) is 13.0. The molecule has 3 heterocycles. The lowest BCUT2D eigenvalue weighted by Crippen LogP contribution is -2.40. The van der Waals surface area contributed by atoms with Gasteiger partial charge in [0, 0.05) is 37.8 Å². The lowest BCUT2D eigenvalue weighted by molar-refractivity contribution is -0.137. The number of anilines is 1. The summed E-state index contributed by atoms with van der Waals surface area (Å²) in [6.45, 7) is 4.64. The molecule has 3 N–H and O–H groups in total. The van der Waals surface area contributed by atoms with Crippen molar-refractivity contribution in [3.8, 4) is 5.75 Å². The molecule has 0 amide bonds. The van der Waals surface area contributed by atoms with E-state index in [0.29, 0.717) is 41.9 Å². The van der Waals surface area contributed by atoms with Crippen LogP contribution in [0.5, 0.6) is 5.75 Å². The van der Waals surface area contributed by atoms with E-state index in [9.17, 15) is 19.5 Å². The molecule has 0 unspecified atom stereocenters. The topological polar surface area (TPSA) is 121 Å². The lowest BCUT2D eigenvalue weighted by atomic mass is 9.94. The number of benzene rings is 1. The summed E-state index contributed by atoms with van der Waals surface area (Å²) >= 11 is 0. The van der Waals surface area contributed by atoms with Gasteiger partial charge >= 0.3 is 11.9 Å². The Morgan fingerprint density at radius 1 is 0.978 bits per heavy atom. The highest BCUT2D eigenvalue weighted by molar-refractivity contribution is 5.97. The molecule has 9 nitrogen and oxygen atoms in total. The smallest absolute Gasteiger partial charge is 0.341 e. The Labute approximate surface area is 266 Å². The van der Waals surface area contributed by atoms with Gasteiger partial charge in [0.2, 0.25) is 5.43 Å². The number of unbranched alkanes of at least 4 members (excludes halogenated alkanes) is 10. The minimum Gasteiger partial charge on any atom is -0.492 e. The number of halogens is 1. The van der Waals surface area contributed by atoms with Gasteiger partial charge < -0.3 is 29.7 Å². The van der Waals surface area contributed by atoms with Gasteiger partial charge in [0.25, 0.3) is 0 Å². The molecule has 0 spiro atoms. The Balaban J connectivity index is 0.000000248. The largest absolute Gasteiger partial charge is 0.492 e. The third-order valence-corrected chi connectivity index (χ3v) is 9.48. The van der Waals surface area contributed by atoms with Crippen molar-refractivity contribution in [2.45, 2.75) is 122 Å². The van der Waals surface area contributed by atoms with Gasteiger partial charge in [0.05, 0.1) is 18.0 Å². The third kappa shape index (κ3) is 9.21. The zero-order chi connectivity index (χ0) is 32.3. The zero-order valence-electron chi connectivity index (χ0n) is 27.1. The minimum absolute atomic E-state index is 0.0599. The number of rotatable bonds is 16. The number of nitrogens with one attached hydrogen (secondary N) is 1. The molecule has 1 saturated carbocycles. The second-order valence-electron chi connectivity index (χ2n) is 13.0. The molecule has 2 saturated heterocycles. The van der Waals surface area contributed by atoms with Crippen molar-refractivity contribution in [3.63, 3.8) is 0 Å². The van der Waals surface area contributed by atoms with Crippen LogP contribution >= 0.6 is 0 Å². The molecule has 5 rings (SSSR count). The van der Waals surface area contributed by atoms with Gasteiger partial charge in [0.15, 0.2) is 11.6 Å². The normalized spacial score (nSPS) is 19.2. The quantitative estimate of drug-likeness (QED) is 0.168. The van der Waals surface area contributed by atoms with E-state index in [4.69, 9.17) is 9.84 Å². The summed E-state index contributed by atoms with van der Waals surface area (Å²) in [6.07, 6.45) is 19.8. The van der Waals surface area contributed by atoms with E-state index >= 15 is 4.39 Å². The number of carboxylic acids is 2. The van der Waals surface area contributed by atoms with E-state index in [1.54, 1.807) is 4.57 Å². The third-order valence-electron chi connectivity index (χ3n) is 9.48. The van der Waals surface area contributed by atoms with Crippen molar-refractivity contribution in [2.75, 3.05) is 31.6 Å². The van der Waals surface area contributed by atoms with Crippen LogP contribution in [0.1, 0.15) is 126 Å². The molecule has 10 heteroatoms. The van der Waals surface area contributed by atoms with E-state index in [1.807, 2.05) is 4.90 Å². The summed E-state index contributed by atoms with van der Waals surface area (Å²) in [5.41, 5.74) is -0.155. The number of carboxylic acid groups (broad SMARTS) is 2. The van der Waals surface area contributed by atoms with Crippen molar-refractivity contribution >= 4 is 28.5 Å². The van der Waals surface area contributed by atoms with Crippen LogP contribution in [0.4, 0.5) is 10.1 Å². The fourth-order valence-corrected chi connectivity index (χ4v) is 6.89. The maximum atomic E-state index is 15.3. The fraction of sp³-hybridized carbons (Fsp3) is 0.686. The van der Waals surface area contributed by atoms with E-state index in [-0.39, 0.29) is 17.0 Å². The summed E-state index contributed by atoms with van der Waals surface area (Å²) < 4.78 is 22.8. The first-order valence-corrected chi connectivity index (χ1v) is 17.2. The molecule has 3 aliphatic rings. The molecule has 1 aromatic carbocycles. The highest BCUT2D eigenvalue weighted by atomic mass is 19.1. The molecule has 0 radical (unpaired) electrons. The van der Waals surface area contributed by atoms with E-state index < -0.39 is 23.2 Å². The summed E-state index contributed by atoms with van der Waals surface area (Å²) in [4.78, 5) is 36.6. The van der Waals surface area contributed by atoms with Crippen LogP contribution in [0.3, 0.4) is 0 Å². The van der Waals surface area contributed by atoms with Gasteiger partial charge in [-0.1, -0.05) is 71.1 Å². The van der Waals surface area contributed by atoms with Crippen molar-refractivity contribution in [2.24, 2.45) is 5.92 Å². The van der Waals surface area contributed by atoms with Crippen LogP contribution in [-0.2, 0) is 4.79 Å². The van der Waals surface area contributed by atoms with Crippen molar-refractivity contribution in [1.82, 2.24) is 9.88 Å². The number of aromatic carboxylic acids is 1. The number of piperidine rings is 1. The number of fused-ring (bicyclic) bond motifs is 2. The van der Waals surface area contributed by atoms with E-state index in [0.717, 1.165) is 51.6 Å². The average Bonchev–Trinajstić information content (AvgIpc) is 3.77. The van der Waals surface area contributed by atoms with Gasteiger partial charge in [-0.15, -0.1) is 0 Å². The Morgan fingerprint density at radius 2 is 1.62 bits per heavy atom. The van der Waals surface area contributed by atoms with Crippen LogP contribution in [-0.4, -0.2) is 59.5 Å². The molecule has 45 heavy (non-hydrogen) atoms. The van der Waals surface area contributed by atoms with Crippen molar-refractivity contribution < 1.29 is 28.9 Å². The van der Waals surface area contributed by atoms with E-state index in [2.05, 4.69) is 12.2 Å². The highest BCUT2D eigenvalue weighted by Gasteiger charge is 2.38. The predicted molar refractivity (Wildman–Crippen MR) is 175 cm³/mol. The van der Waals surface area contributed by atoms with Gasteiger partial charge in [-0.3, -0.25) is 9.59 Å². The number of methoxy groups -OCH3 is 1. The van der Waals surface area contributed by atoms with Crippen LogP contribution in [0.2, 0.25) is 0 Å². The first kappa shape index (κ1) is 34.7. The van der Waals surface area contributed by atoms with Crippen LogP contribution in [0.25, 0.3) is 10.9 Å². The van der Waals surface area contributed by atoms with Crippen molar-refractivity contribution in [3.05, 3.63) is 33.9 Å². The van der Waals surface area contributed by atoms with Gasteiger partial charge in [-0.05, 0) is 50.6 Å². The van der Waals surface area contributed by atoms with Crippen molar-refractivity contribution in [1.29, 1.82) is 0 Å². The predicted octanol–water partition coefficient (Wildman–Crippen LogP) is 7.14. The molecule has 2 aliphatic heterocycles. The second kappa shape index (κ2) is 17.0. The number of aromatic nitrogens is 1. The molecular formula is C35H52FN3O6. The Morgan fingerprint density at radius 3 is 2.18 bits per heavy atom. The summed E-state index contributed by atoms with van der Waals surface area (Å²) in [7, 11) is 1.48. The van der Waals surface area contributed by atoms with Crippen LogP contribution in [0.15, 0.2) is 17.1 Å². The Bertz CT molecular complexity index is 1340. The molecule has 1 aromatic heterocycles. The minimum atomic E-state index is -1.30. The molecule has 3 fully saturated rings. The molecule has 0 bridgehead atoms. The Kier molecular flexibility index (Phi) is 13.1. The number of ether oxygens (including phenoxy) is 1. The molecule has 250 valence electrons. The number of aliphatic carboxylic acids is 1. The van der Waals surface area contributed by atoms with Gasteiger partial charge in [0.1, 0.15) is 11.3 Å². The van der Waals surface area contributed by atoms with Crippen LogP contribution < -0.4 is 20.4 Å². The van der Waals surface area contributed by atoms with Gasteiger partial charge in [-0.25, -0.2) is 9.18 Å².